The highest BCUT2D eigenvalue weighted by atomic mass is 79.9. The van der Waals surface area contributed by atoms with E-state index in [0.717, 1.165) is 10.3 Å². The average molecular weight is 343 g/mol. The second-order valence-corrected chi connectivity index (χ2v) is 5.44. The fourth-order valence-electron chi connectivity index (χ4n) is 1.91. The third-order valence-corrected chi connectivity index (χ3v) is 3.48. The van der Waals surface area contributed by atoms with Crippen LogP contribution in [0.2, 0.25) is 0 Å². The zero-order valence-electron chi connectivity index (χ0n) is 11.1. The van der Waals surface area contributed by atoms with Crippen LogP contribution in [-0.2, 0) is 20.1 Å². The molecule has 2 aromatic rings. The molecule has 0 radical (unpaired) electrons. The van der Waals surface area contributed by atoms with E-state index < -0.39 is 0 Å². The summed E-state index contributed by atoms with van der Waals surface area (Å²) >= 11 is 3.34. The van der Waals surface area contributed by atoms with E-state index in [1.54, 1.807) is 18.5 Å². The molecule has 0 aliphatic carbocycles. The molecule has 0 saturated carbocycles. The molecule has 1 heterocycles. The van der Waals surface area contributed by atoms with Gasteiger partial charge in [0.2, 0.25) is 0 Å². The Morgan fingerprint density at radius 2 is 2.20 bits per heavy atom. The molecule has 0 aliphatic heterocycles. The molecule has 0 fully saturated rings. The lowest BCUT2D eigenvalue weighted by atomic mass is 10.2. The van der Waals surface area contributed by atoms with Crippen LogP contribution in [0.25, 0.3) is 0 Å². The van der Waals surface area contributed by atoms with Crippen molar-refractivity contribution in [3.05, 3.63) is 46.2 Å². The Morgan fingerprint density at radius 3 is 2.85 bits per heavy atom. The summed E-state index contributed by atoms with van der Waals surface area (Å²) in [5.74, 6) is 0.517. The molecule has 1 aromatic heterocycles. The van der Waals surface area contributed by atoms with Crippen molar-refractivity contribution in [2.24, 2.45) is 7.05 Å². The monoisotopic (exact) mass is 342 g/mol. The second kappa shape index (κ2) is 6.92. The molecule has 0 bridgehead atoms. The molecule has 2 rings (SSSR count). The second-order valence-electron chi connectivity index (χ2n) is 4.53. The van der Waals surface area contributed by atoms with E-state index in [0.29, 0.717) is 25.2 Å². The van der Waals surface area contributed by atoms with Gasteiger partial charge in [0.15, 0.2) is 0 Å². The first-order chi connectivity index (χ1) is 9.60. The highest BCUT2D eigenvalue weighted by Gasteiger charge is 2.13. The summed E-state index contributed by atoms with van der Waals surface area (Å²) < 4.78 is 16.4. The molecule has 20 heavy (non-hydrogen) atoms. The van der Waals surface area contributed by atoms with E-state index in [4.69, 9.17) is 5.11 Å². The van der Waals surface area contributed by atoms with E-state index in [1.165, 1.54) is 6.07 Å². The third kappa shape index (κ3) is 3.84. The van der Waals surface area contributed by atoms with Crippen LogP contribution in [0.1, 0.15) is 11.4 Å². The molecular weight excluding hydrogens is 327 g/mol. The van der Waals surface area contributed by atoms with Crippen LogP contribution in [-0.4, -0.2) is 37.9 Å². The van der Waals surface area contributed by atoms with Gasteiger partial charge in [-0.2, -0.15) is 0 Å². The zero-order valence-corrected chi connectivity index (χ0v) is 12.7. The maximum Gasteiger partial charge on any atom is 0.146 e. The molecule has 1 aromatic carbocycles. The Balaban J connectivity index is 2.13. The summed E-state index contributed by atoms with van der Waals surface area (Å²) in [6, 6.07) is 4.84. The number of nitrogens with zero attached hydrogens (tertiary/aromatic N) is 4. The van der Waals surface area contributed by atoms with Gasteiger partial charge in [-0.05, 0) is 18.2 Å². The fraction of sp³-hybridized carbons (Fsp3) is 0.385. The number of rotatable bonds is 6. The van der Waals surface area contributed by atoms with Gasteiger partial charge in [0.05, 0.1) is 13.2 Å². The Bertz CT molecular complexity index is 575. The third-order valence-electron chi connectivity index (χ3n) is 2.99. The summed E-state index contributed by atoms with van der Waals surface area (Å²) in [7, 11) is 1.85. The van der Waals surface area contributed by atoms with Gasteiger partial charge in [-0.1, -0.05) is 15.9 Å². The number of benzene rings is 1. The first-order valence-electron chi connectivity index (χ1n) is 6.20. The fourth-order valence-corrected chi connectivity index (χ4v) is 2.32. The van der Waals surface area contributed by atoms with Gasteiger partial charge >= 0.3 is 0 Å². The maximum atomic E-state index is 13.8. The Morgan fingerprint density at radius 1 is 1.40 bits per heavy atom. The summed E-state index contributed by atoms with van der Waals surface area (Å²) in [5.41, 5.74) is 0.579. The van der Waals surface area contributed by atoms with Gasteiger partial charge < -0.3 is 9.67 Å². The summed E-state index contributed by atoms with van der Waals surface area (Å²) in [6.07, 6.45) is 1.62. The molecule has 1 N–H and O–H groups in total. The molecule has 0 atom stereocenters. The van der Waals surface area contributed by atoms with Crippen LogP contribution < -0.4 is 0 Å². The molecule has 0 amide bonds. The SMILES string of the molecule is Cn1cnnc1CN(CCO)Cc1cc(Br)ccc1F. The maximum absolute atomic E-state index is 13.8. The standard InChI is InChI=1S/C13H16BrFN4O/c1-18-9-16-17-13(18)8-19(4-5-20)7-10-6-11(14)2-3-12(10)15/h2-3,6,9,20H,4-5,7-8H2,1H3. The summed E-state index contributed by atoms with van der Waals surface area (Å²) in [4.78, 5) is 1.93. The Labute approximate surface area is 125 Å². The van der Waals surface area contributed by atoms with Crippen molar-refractivity contribution < 1.29 is 9.50 Å². The largest absolute Gasteiger partial charge is 0.395 e. The van der Waals surface area contributed by atoms with Crippen LogP contribution in [0.3, 0.4) is 0 Å². The van der Waals surface area contributed by atoms with Crippen LogP contribution in [0.5, 0.6) is 0 Å². The molecule has 0 saturated heterocycles. The van der Waals surface area contributed by atoms with E-state index in [-0.39, 0.29) is 12.4 Å². The van der Waals surface area contributed by atoms with Gasteiger partial charge in [0.25, 0.3) is 0 Å². The van der Waals surface area contributed by atoms with Crippen LogP contribution in [0, 0.1) is 5.82 Å². The van der Waals surface area contributed by atoms with Crippen molar-refractivity contribution in [1.29, 1.82) is 0 Å². The van der Waals surface area contributed by atoms with Crippen LogP contribution in [0.15, 0.2) is 29.0 Å². The predicted octanol–water partition coefficient (Wildman–Crippen LogP) is 1.71. The minimum atomic E-state index is -0.255. The van der Waals surface area contributed by atoms with Gasteiger partial charge in [-0.25, -0.2) is 4.39 Å². The van der Waals surface area contributed by atoms with E-state index >= 15 is 0 Å². The molecule has 0 spiro atoms. The van der Waals surface area contributed by atoms with E-state index in [9.17, 15) is 4.39 Å². The van der Waals surface area contributed by atoms with Gasteiger partial charge in [-0.15, -0.1) is 10.2 Å². The minimum absolute atomic E-state index is 0.00741. The molecule has 0 unspecified atom stereocenters. The molecule has 108 valence electrons. The van der Waals surface area contributed by atoms with Gasteiger partial charge in [0, 0.05) is 30.2 Å². The molecule has 7 heteroatoms. The number of hydrogen-bond donors (Lipinski definition) is 1. The average Bonchev–Trinajstić information content (AvgIpc) is 2.80. The summed E-state index contributed by atoms with van der Waals surface area (Å²) in [6.45, 7) is 1.36. The van der Waals surface area contributed by atoms with E-state index in [2.05, 4.69) is 26.1 Å². The van der Waals surface area contributed by atoms with Crippen molar-refractivity contribution in [2.45, 2.75) is 13.1 Å². The lowest BCUT2D eigenvalue weighted by Gasteiger charge is -2.21. The number of aliphatic hydroxyl groups excluding tert-OH is 1. The minimum Gasteiger partial charge on any atom is -0.395 e. The van der Waals surface area contributed by atoms with Crippen molar-refractivity contribution in [3.63, 3.8) is 0 Å². The van der Waals surface area contributed by atoms with Crippen LogP contribution in [0.4, 0.5) is 4.39 Å². The van der Waals surface area contributed by atoms with Crippen molar-refractivity contribution in [2.75, 3.05) is 13.2 Å². The number of aliphatic hydroxyl groups is 1. The van der Waals surface area contributed by atoms with E-state index in [1.807, 2.05) is 16.5 Å². The van der Waals surface area contributed by atoms with Gasteiger partial charge in [-0.3, -0.25) is 4.90 Å². The van der Waals surface area contributed by atoms with Crippen LogP contribution >= 0.6 is 15.9 Å². The first kappa shape index (κ1) is 15.1. The molecular formula is C13H16BrFN4O. The highest BCUT2D eigenvalue weighted by molar-refractivity contribution is 9.10. The molecule has 0 aliphatic rings. The highest BCUT2D eigenvalue weighted by Crippen LogP contribution is 2.18. The summed E-state index contributed by atoms with van der Waals surface area (Å²) in [5, 5.41) is 17.0. The Kier molecular flexibility index (Phi) is 5.22. The lowest BCUT2D eigenvalue weighted by Crippen LogP contribution is -2.27. The topological polar surface area (TPSA) is 54.2 Å². The van der Waals surface area contributed by atoms with Crippen molar-refractivity contribution in [1.82, 2.24) is 19.7 Å². The van der Waals surface area contributed by atoms with Crippen molar-refractivity contribution in [3.8, 4) is 0 Å². The number of aryl methyl sites for hydroxylation is 1. The zero-order chi connectivity index (χ0) is 14.5. The normalized spacial score (nSPS) is 11.2. The Hall–Kier alpha value is -1.31. The van der Waals surface area contributed by atoms with Crippen molar-refractivity contribution >= 4 is 15.9 Å². The number of aromatic nitrogens is 3. The molecule has 5 nitrogen and oxygen atoms in total. The lowest BCUT2D eigenvalue weighted by molar-refractivity contribution is 0.178. The van der Waals surface area contributed by atoms with Gasteiger partial charge in [0.1, 0.15) is 18.0 Å². The smallest absolute Gasteiger partial charge is 0.146 e. The quantitative estimate of drug-likeness (QED) is 0.868. The number of halogens is 2. The number of hydrogen-bond acceptors (Lipinski definition) is 4. The predicted molar refractivity (Wildman–Crippen MR) is 76.3 cm³/mol. The first-order valence-corrected chi connectivity index (χ1v) is 6.99.